The van der Waals surface area contributed by atoms with Crippen LogP contribution in [0.15, 0.2) is 72.0 Å². The highest BCUT2D eigenvalue weighted by Gasteiger charge is 2.05. The van der Waals surface area contributed by atoms with E-state index in [1.807, 2.05) is 68.0 Å². The van der Waals surface area contributed by atoms with Gasteiger partial charge < -0.3 is 0 Å². The molecular formula is C19H16N4O. The highest BCUT2D eigenvalue weighted by Crippen LogP contribution is 2.19. The molecule has 0 fully saturated rings. The summed E-state index contributed by atoms with van der Waals surface area (Å²) in [7, 11) is 1.90. The second-order valence-electron chi connectivity index (χ2n) is 5.79. The Balaban J connectivity index is 1.64. The van der Waals surface area contributed by atoms with Crippen LogP contribution in [0.1, 0.15) is 5.56 Å². The lowest BCUT2D eigenvalue weighted by Crippen LogP contribution is -2.21. The molecule has 0 saturated carbocycles. The van der Waals surface area contributed by atoms with Crippen LogP contribution in [0.4, 0.5) is 0 Å². The van der Waals surface area contributed by atoms with E-state index in [9.17, 15) is 4.79 Å². The van der Waals surface area contributed by atoms with Crippen LogP contribution in [-0.4, -0.2) is 19.3 Å². The number of hydrogen-bond acceptors (Lipinski definition) is 3. The lowest BCUT2D eigenvalue weighted by molar-refractivity contribution is 0.748. The third-order valence-electron chi connectivity index (χ3n) is 4.08. The summed E-state index contributed by atoms with van der Waals surface area (Å²) in [5, 5.41) is 4.83. The van der Waals surface area contributed by atoms with Gasteiger partial charge in [0.2, 0.25) is 0 Å². The van der Waals surface area contributed by atoms with Crippen molar-refractivity contribution in [2.45, 2.75) is 6.54 Å². The van der Waals surface area contributed by atoms with Gasteiger partial charge in [-0.25, -0.2) is 4.98 Å². The van der Waals surface area contributed by atoms with Gasteiger partial charge in [-0.15, -0.1) is 0 Å². The minimum Gasteiger partial charge on any atom is -0.294 e. The van der Waals surface area contributed by atoms with E-state index < -0.39 is 0 Å². The van der Waals surface area contributed by atoms with Gasteiger partial charge >= 0.3 is 0 Å². The normalized spacial score (nSPS) is 11.0. The highest BCUT2D eigenvalue weighted by molar-refractivity contribution is 5.76. The van der Waals surface area contributed by atoms with Crippen molar-refractivity contribution in [2.75, 3.05) is 0 Å². The van der Waals surface area contributed by atoms with Crippen LogP contribution in [0, 0.1) is 0 Å². The van der Waals surface area contributed by atoms with Crippen molar-refractivity contribution in [1.29, 1.82) is 0 Å². The Hall–Kier alpha value is -3.21. The molecule has 5 nitrogen and oxygen atoms in total. The van der Waals surface area contributed by atoms with Crippen LogP contribution in [0.2, 0.25) is 0 Å². The van der Waals surface area contributed by atoms with E-state index in [0.717, 1.165) is 22.2 Å². The molecule has 0 aliphatic heterocycles. The second kappa shape index (κ2) is 5.77. The van der Waals surface area contributed by atoms with Gasteiger partial charge in [0.1, 0.15) is 0 Å². The van der Waals surface area contributed by atoms with Gasteiger partial charge in [-0.2, -0.15) is 5.10 Å². The molecular weight excluding hydrogens is 300 g/mol. The molecule has 0 atom stereocenters. The number of rotatable bonds is 3. The van der Waals surface area contributed by atoms with Crippen molar-refractivity contribution in [2.24, 2.45) is 7.05 Å². The number of nitrogens with zero attached hydrogens (tertiary/aromatic N) is 4. The number of para-hydroxylation sites is 1. The van der Waals surface area contributed by atoms with Gasteiger partial charge in [-0.05, 0) is 23.3 Å². The predicted octanol–water partition coefficient (Wildman–Crippen LogP) is 2.85. The molecule has 0 spiro atoms. The fourth-order valence-corrected chi connectivity index (χ4v) is 2.79. The maximum absolute atomic E-state index is 12.5. The first-order valence-corrected chi connectivity index (χ1v) is 7.73. The molecule has 0 saturated heterocycles. The molecule has 0 unspecified atom stereocenters. The molecule has 2 aromatic heterocycles. The fourth-order valence-electron chi connectivity index (χ4n) is 2.79. The Morgan fingerprint density at radius 3 is 2.54 bits per heavy atom. The average Bonchev–Trinajstić information content (AvgIpc) is 3.05. The van der Waals surface area contributed by atoms with Crippen molar-refractivity contribution in [3.05, 3.63) is 83.2 Å². The molecule has 2 aromatic carbocycles. The Kier molecular flexibility index (Phi) is 3.46. The molecule has 4 aromatic rings. The standard InChI is InChI=1S/C19H16N4O/c1-22-12-16(10-21-22)15-8-6-14(7-9-15)11-23-13-20-18-5-3-2-4-17(18)19(23)24/h2-10,12-13H,11H2,1H3. The van der Waals surface area contributed by atoms with Gasteiger partial charge in [0, 0.05) is 18.8 Å². The Bertz CT molecular complexity index is 1060. The summed E-state index contributed by atoms with van der Waals surface area (Å²) >= 11 is 0. The summed E-state index contributed by atoms with van der Waals surface area (Å²) in [6.07, 6.45) is 5.43. The van der Waals surface area contributed by atoms with Crippen molar-refractivity contribution in [3.63, 3.8) is 0 Å². The molecule has 0 aliphatic carbocycles. The van der Waals surface area contributed by atoms with E-state index in [-0.39, 0.29) is 5.56 Å². The minimum atomic E-state index is -0.0167. The molecule has 24 heavy (non-hydrogen) atoms. The first-order valence-electron chi connectivity index (χ1n) is 7.73. The topological polar surface area (TPSA) is 52.7 Å². The van der Waals surface area contributed by atoms with E-state index in [1.54, 1.807) is 15.6 Å². The quantitative estimate of drug-likeness (QED) is 0.584. The number of aromatic nitrogens is 4. The van der Waals surface area contributed by atoms with Crippen molar-refractivity contribution < 1.29 is 0 Å². The summed E-state index contributed by atoms with van der Waals surface area (Å²) < 4.78 is 3.42. The summed E-state index contributed by atoms with van der Waals surface area (Å²) in [4.78, 5) is 16.9. The van der Waals surface area contributed by atoms with Gasteiger partial charge in [0.05, 0.1) is 30.0 Å². The van der Waals surface area contributed by atoms with Gasteiger partial charge in [0.25, 0.3) is 5.56 Å². The van der Waals surface area contributed by atoms with Gasteiger partial charge in [-0.1, -0.05) is 36.4 Å². The van der Waals surface area contributed by atoms with Crippen LogP contribution >= 0.6 is 0 Å². The number of hydrogen-bond donors (Lipinski definition) is 0. The van der Waals surface area contributed by atoms with E-state index in [4.69, 9.17) is 0 Å². The Morgan fingerprint density at radius 1 is 1.00 bits per heavy atom. The zero-order valence-electron chi connectivity index (χ0n) is 13.3. The summed E-state index contributed by atoms with van der Waals surface area (Å²) in [6, 6.07) is 15.6. The SMILES string of the molecule is Cn1cc(-c2ccc(Cn3cnc4ccccc4c3=O)cc2)cn1. The van der Waals surface area contributed by atoms with Crippen LogP contribution in [0.5, 0.6) is 0 Å². The number of fused-ring (bicyclic) bond motifs is 1. The smallest absolute Gasteiger partial charge is 0.261 e. The summed E-state index contributed by atoms with van der Waals surface area (Å²) in [5.74, 6) is 0. The molecule has 0 N–H and O–H groups in total. The molecule has 0 bridgehead atoms. The van der Waals surface area contributed by atoms with Crippen molar-refractivity contribution in [1.82, 2.24) is 19.3 Å². The molecule has 0 amide bonds. The zero-order valence-corrected chi connectivity index (χ0v) is 13.3. The van der Waals surface area contributed by atoms with Crippen LogP contribution in [0.25, 0.3) is 22.0 Å². The summed E-state index contributed by atoms with van der Waals surface area (Å²) in [5.41, 5.74) is 3.95. The zero-order chi connectivity index (χ0) is 16.5. The lowest BCUT2D eigenvalue weighted by Gasteiger charge is -2.07. The molecule has 2 heterocycles. The maximum atomic E-state index is 12.5. The monoisotopic (exact) mass is 316 g/mol. The van der Waals surface area contributed by atoms with Gasteiger partial charge in [0.15, 0.2) is 0 Å². The molecule has 5 heteroatoms. The summed E-state index contributed by atoms with van der Waals surface area (Å²) in [6.45, 7) is 0.504. The second-order valence-corrected chi connectivity index (χ2v) is 5.79. The predicted molar refractivity (Wildman–Crippen MR) is 93.7 cm³/mol. The average molecular weight is 316 g/mol. The van der Waals surface area contributed by atoms with Gasteiger partial charge in [-0.3, -0.25) is 14.0 Å². The van der Waals surface area contributed by atoms with E-state index in [1.165, 1.54) is 0 Å². The largest absolute Gasteiger partial charge is 0.294 e. The first kappa shape index (κ1) is 14.4. The molecule has 0 aliphatic rings. The van der Waals surface area contributed by atoms with E-state index >= 15 is 0 Å². The Labute approximate surface area is 138 Å². The first-order chi connectivity index (χ1) is 11.7. The lowest BCUT2D eigenvalue weighted by atomic mass is 10.1. The Morgan fingerprint density at radius 2 is 1.79 bits per heavy atom. The van der Waals surface area contributed by atoms with Crippen LogP contribution < -0.4 is 5.56 Å². The van der Waals surface area contributed by atoms with E-state index in [2.05, 4.69) is 10.1 Å². The minimum absolute atomic E-state index is 0.0167. The van der Waals surface area contributed by atoms with Crippen molar-refractivity contribution >= 4 is 10.9 Å². The van der Waals surface area contributed by atoms with Crippen molar-refractivity contribution in [3.8, 4) is 11.1 Å². The highest BCUT2D eigenvalue weighted by atomic mass is 16.1. The molecule has 118 valence electrons. The molecule has 0 radical (unpaired) electrons. The van der Waals surface area contributed by atoms with E-state index in [0.29, 0.717) is 11.9 Å². The number of benzene rings is 2. The third kappa shape index (κ3) is 2.60. The fraction of sp³-hybridized carbons (Fsp3) is 0.105. The number of aryl methyl sites for hydroxylation is 1. The van der Waals surface area contributed by atoms with Crippen LogP contribution in [-0.2, 0) is 13.6 Å². The molecule has 4 rings (SSSR count). The maximum Gasteiger partial charge on any atom is 0.261 e. The third-order valence-corrected chi connectivity index (χ3v) is 4.08. The van der Waals surface area contributed by atoms with Crippen LogP contribution in [0.3, 0.4) is 0 Å².